The lowest BCUT2D eigenvalue weighted by Gasteiger charge is -2.19. The first-order valence-corrected chi connectivity index (χ1v) is 7.33. The number of rotatable bonds is 6. The lowest BCUT2D eigenvalue weighted by atomic mass is 10.0. The number of imidazole rings is 1. The zero-order chi connectivity index (χ0) is 14.5. The highest BCUT2D eigenvalue weighted by Crippen LogP contribution is 2.31. The molecule has 0 bridgehead atoms. The lowest BCUT2D eigenvalue weighted by Crippen LogP contribution is -2.31. The molecule has 0 spiro atoms. The second-order valence-electron chi connectivity index (χ2n) is 4.60. The zero-order valence-electron chi connectivity index (χ0n) is 11.3. The van der Waals surface area contributed by atoms with E-state index < -0.39 is 0 Å². The number of aryl methyl sites for hydroxylation is 1. The number of aromatic nitrogens is 2. The van der Waals surface area contributed by atoms with Crippen LogP contribution in [0.25, 0.3) is 0 Å². The number of benzene rings is 1. The van der Waals surface area contributed by atoms with Crippen molar-refractivity contribution < 1.29 is 0 Å². The highest BCUT2D eigenvalue weighted by Gasteiger charge is 2.19. The van der Waals surface area contributed by atoms with Crippen LogP contribution in [-0.2, 0) is 13.0 Å². The smallest absolute Gasteiger partial charge is 0.110 e. The molecule has 20 heavy (non-hydrogen) atoms. The minimum Gasteiger partial charge on any atom is -0.335 e. The van der Waals surface area contributed by atoms with Crippen molar-refractivity contribution in [2.24, 2.45) is 5.84 Å². The first-order valence-electron chi connectivity index (χ1n) is 6.57. The Labute approximate surface area is 128 Å². The van der Waals surface area contributed by atoms with Gasteiger partial charge in [-0.15, -0.1) is 0 Å². The van der Waals surface area contributed by atoms with Crippen molar-refractivity contribution in [3.63, 3.8) is 0 Å². The van der Waals surface area contributed by atoms with Crippen molar-refractivity contribution >= 4 is 23.2 Å². The molecule has 0 fully saturated rings. The number of hydrogen-bond acceptors (Lipinski definition) is 3. The van der Waals surface area contributed by atoms with E-state index in [1.165, 1.54) is 0 Å². The largest absolute Gasteiger partial charge is 0.335 e. The highest BCUT2D eigenvalue weighted by molar-refractivity contribution is 6.36. The van der Waals surface area contributed by atoms with Crippen LogP contribution >= 0.6 is 23.2 Å². The van der Waals surface area contributed by atoms with Gasteiger partial charge in [-0.25, -0.2) is 4.98 Å². The van der Waals surface area contributed by atoms with Crippen LogP contribution < -0.4 is 11.3 Å². The fourth-order valence-electron chi connectivity index (χ4n) is 2.24. The van der Waals surface area contributed by atoms with E-state index in [0.29, 0.717) is 16.5 Å². The van der Waals surface area contributed by atoms with Crippen molar-refractivity contribution in [1.82, 2.24) is 15.0 Å². The molecule has 1 heterocycles. The molecular weight excluding hydrogens is 295 g/mol. The predicted molar refractivity (Wildman–Crippen MR) is 82.7 cm³/mol. The number of halogens is 2. The van der Waals surface area contributed by atoms with E-state index in [1.807, 2.05) is 24.4 Å². The summed E-state index contributed by atoms with van der Waals surface area (Å²) in [7, 11) is 0. The van der Waals surface area contributed by atoms with Crippen molar-refractivity contribution in [2.75, 3.05) is 0 Å². The Kier molecular flexibility index (Phi) is 5.43. The van der Waals surface area contributed by atoms with Gasteiger partial charge in [0.25, 0.3) is 0 Å². The Bertz CT molecular complexity index is 548. The maximum absolute atomic E-state index is 6.24. The molecule has 2 rings (SSSR count). The second-order valence-corrected chi connectivity index (χ2v) is 5.41. The van der Waals surface area contributed by atoms with Gasteiger partial charge in [0.2, 0.25) is 0 Å². The third-order valence-corrected chi connectivity index (χ3v) is 3.86. The maximum Gasteiger partial charge on any atom is 0.110 e. The van der Waals surface area contributed by atoms with Crippen molar-refractivity contribution in [2.45, 2.75) is 32.4 Å². The Morgan fingerprint density at radius 1 is 1.35 bits per heavy atom. The van der Waals surface area contributed by atoms with Gasteiger partial charge in [-0.2, -0.15) is 0 Å². The van der Waals surface area contributed by atoms with E-state index in [4.69, 9.17) is 29.0 Å². The summed E-state index contributed by atoms with van der Waals surface area (Å²) >= 11 is 12.5. The monoisotopic (exact) mass is 312 g/mol. The first kappa shape index (κ1) is 15.3. The number of hydrazine groups is 1. The van der Waals surface area contributed by atoms with E-state index >= 15 is 0 Å². The fourth-order valence-corrected chi connectivity index (χ4v) is 2.91. The van der Waals surface area contributed by atoms with Crippen molar-refractivity contribution in [3.05, 3.63) is 52.0 Å². The first-order chi connectivity index (χ1) is 9.67. The summed E-state index contributed by atoms with van der Waals surface area (Å²) in [4.78, 5) is 4.39. The van der Waals surface area contributed by atoms with E-state index in [2.05, 4.69) is 21.9 Å². The molecule has 1 aromatic heterocycles. The maximum atomic E-state index is 6.24. The number of hydrogen-bond donors (Lipinski definition) is 2. The van der Waals surface area contributed by atoms with E-state index in [1.54, 1.807) is 6.20 Å². The van der Waals surface area contributed by atoms with Crippen LogP contribution in [0.4, 0.5) is 0 Å². The zero-order valence-corrected chi connectivity index (χ0v) is 12.8. The van der Waals surface area contributed by atoms with E-state index in [0.717, 1.165) is 24.4 Å². The number of nitrogens with one attached hydrogen (secondary N) is 1. The molecule has 4 nitrogen and oxygen atoms in total. The molecule has 0 aliphatic carbocycles. The Balaban J connectivity index is 2.27. The molecule has 3 N–H and O–H groups in total. The molecule has 0 radical (unpaired) electrons. The molecule has 0 saturated carbocycles. The molecule has 2 aromatic rings. The topological polar surface area (TPSA) is 55.9 Å². The van der Waals surface area contributed by atoms with Gasteiger partial charge in [0, 0.05) is 41.0 Å². The van der Waals surface area contributed by atoms with Gasteiger partial charge in [0.1, 0.15) is 5.82 Å². The van der Waals surface area contributed by atoms with Crippen LogP contribution in [-0.4, -0.2) is 9.55 Å². The molecule has 0 aliphatic rings. The van der Waals surface area contributed by atoms with Crippen molar-refractivity contribution in [3.8, 4) is 0 Å². The predicted octanol–water partition coefficient (Wildman–Crippen LogP) is 3.35. The third-order valence-electron chi connectivity index (χ3n) is 3.20. The van der Waals surface area contributed by atoms with Crippen LogP contribution in [0.1, 0.15) is 30.8 Å². The summed E-state index contributed by atoms with van der Waals surface area (Å²) in [6.45, 7) is 3.07. The standard InChI is InChI=1S/C14H18Cl2N4/c1-2-7-20-8-6-18-13(20)9-12(19-17)14-10(15)4-3-5-11(14)16/h3-6,8,12,19H,2,7,9,17H2,1H3. The minimum atomic E-state index is -0.172. The normalized spacial score (nSPS) is 12.6. The van der Waals surface area contributed by atoms with E-state index in [-0.39, 0.29) is 6.04 Å². The van der Waals surface area contributed by atoms with E-state index in [9.17, 15) is 0 Å². The van der Waals surface area contributed by atoms with Crippen LogP contribution in [0.15, 0.2) is 30.6 Å². The quantitative estimate of drug-likeness (QED) is 0.635. The van der Waals surface area contributed by atoms with Crippen LogP contribution in [0.2, 0.25) is 10.0 Å². The Morgan fingerprint density at radius 2 is 2.05 bits per heavy atom. The summed E-state index contributed by atoms with van der Waals surface area (Å²) in [5, 5.41) is 1.21. The number of nitrogens with zero attached hydrogens (tertiary/aromatic N) is 2. The summed E-state index contributed by atoms with van der Waals surface area (Å²) in [6, 6.07) is 5.27. The molecule has 1 unspecified atom stereocenters. The fraction of sp³-hybridized carbons (Fsp3) is 0.357. The molecule has 6 heteroatoms. The Morgan fingerprint density at radius 3 is 2.65 bits per heavy atom. The van der Waals surface area contributed by atoms with Crippen LogP contribution in [0.5, 0.6) is 0 Å². The summed E-state index contributed by atoms with van der Waals surface area (Å²) in [5.41, 5.74) is 3.60. The van der Waals surface area contributed by atoms with Gasteiger partial charge in [-0.1, -0.05) is 36.2 Å². The molecule has 0 saturated heterocycles. The third kappa shape index (κ3) is 3.33. The molecular formula is C14H18Cl2N4. The van der Waals surface area contributed by atoms with Crippen LogP contribution in [0, 0.1) is 0 Å². The summed E-state index contributed by atoms with van der Waals surface area (Å²) < 4.78 is 2.12. The van der Waals surface area contributed by atoms with Gasteiger partial charge >= 0.3 is 0 Å². The van der Waals surface area contributed by atoms with Gasteiger partial charge in [0.15, 0.2) is 0 Å². The van der Waals surface area contributed by atoms with Gasteiger partial charge < -0.3 is 4.57 Å². The highest BCUT2D eigenvalue weighted by atomic mass is 35.5. The van der Waals surface area contributed by atoms with Gasteiger partial charge in [0.05, 0.1) is 6.04 Å². The summed E-state index contributed by atoms with van der Waals surface area (Å²) in [5.74, 6) is 6.64. The minimum absolute atomic E-state index is 0.172. The Hall–Kier alpha value is -1.07. The second kappa shape index (κ2) is 7.09. The SMILES string of the molecule is CCCn1ccnc1CC(NN)c1c(Cl)cccc1Cl. The average molecular weight is 313 g/mol. The lowest BCUT2D eigenvalue weighted by molar-refractivity contribution is 0.517. The molecule has 108 valence electrons. The number of nitrogens with two attached hydrogens (primary N) is 1. The molecule has 0 amide bonds. The molecule has 1 aromatic carbocycles. The molecule has 0 aliphatic heterocycles. The van der Waals surface area contributed by atoms with Gasteiger partial charge in [-0.05, 0) is 18.6 Å². The average Bonchev–Trinajstić information content (AvgIpc) is 2.85. The van der Waals surface area contributed by atoms with Crippen molar-refractivity contribution in [1.29, 1.82) is 0 Å². The van der Waals surface area contributed by atoms with Crippen LogP contribution in [0.3, 0.4) is 0 Å². The molecule has 1 atom stereocenters. The summed E-state index contributed by atoms with van der Waals surface area (Å²) in [6.07, 6.45) is 5.46. The van der Waals surface area contributed by atoms with Gasteiger partial charge in [-0.3, -0.25) is 11.3 Å².